The SMILES string of the molecule is N#Cc1cc(NCc2ccc(F)cc2F)ccc1N1CCN(S(N)(=O)=O)CC1. The van der Waals surface area contributed by atoms with E-state index in [1.54, 1.807) is 18.2 Å². The van der Waals surface area contributed by atoms with Gasteiger partial charge in [-0.1, -0.05) is 6.07 Å². The predicted octanol–water partition coefficient (Wildman–Crippen LogP) is 1.77. The first-order valence-corrected chi connectivity index (χ1v) is 10.0. The van der Waals surface area contributed by atoms with Crippen LogP contribution >= 0.6 is 0 Å². The molecule has 1 fully saturated rings. The van der Waals surface area contributed by atoms with Crippen LogP contribution in [0.1, 0.15) is 11.1 Å². The van der Waals surface area contributed by atoms with Crippen molar-refractivity contribution >= 4 is 21.6 Å². The van der Waals surface area contributed by atoms with Gasteiger partial charge in [0.15, 0.2) is 0 Å². The van der Waals surface area contributed by atoms with E-state index in [9.17, 15) is 22.5 Å². The van der Waals surface area contributed by atoms with E-state index in [4.69, 9.17) is 5.14 Å². The van der Waals surface area contributed by atoms with Crippen LogP contribution in [0.2, 0.25) is 0 Å². The first-order valence-electron chi connectivity index (χ1n) is 8.52. The fourth-order valence-electron chi connectivity index (χ4n) is 3.06. The monoisotopic (exact) mass is 407 g/mol. The van der Waals surface area contributed by atoms with Crippen LogP contribution in [0.25, 0.3) is 0 Å². The summed E-state index contributed by atoms with van der Waals surface area (Å²) >= 11 is 0. The molecule has 1 saturated heterocycles. The number of nitrogens with zero attached hydrogens (tertiary/aromatic N) is 3. The van der Waals surface area contributed by atoms with Crippen molar-refractivity contribution in [2.75, 3.05) is 36.4 Å². The highest BCUT2D eigenvalue weighted by atomic mass is 32.2. The zero-order chi connectivity index (χ0) is 20.3. The van der Waals surface area contributed by atoms with Crippen LogP contribution in [-0.2, 0) is 16.8 Å². The first-order chi connectivity index (χ1) is 13.3. The van der Waals surface area contributed by atoms with Crippen LogP contribution in [0.15, 0.2) is 36.4 Å². The van der Waals surface area contributed by atoms with Gasteiger partial charge in [0.25, 0.3) is 10.2 Å². The first kappa shape index (κ1) is 20.0. The van der Waals surface area contributed by atoms with Gasteiger partial charge >= 0.3 is 0 Å². The van der Waals surface area contributed by atoms with Crippen LogP contribution < -0.4 is 15.4 Å². The molecule has 0 unspecified atom stereocenters. The Bertz CT molecular complexity index is 1020. The number of rotatable bonds is 5. The summed E-state index contributed by atoms with van der Waals surface area (Å²) in [4.78, 5) is 1.92. The van der Waals surface area contributed by atoms with E-state index in [0.29, 0.717) is 35.6 Å². The maximum absolute atomic E-state index is 13.7. The predicted molar refractivity (Wildman–Crippen MR) is 102 cm³/mol. The Labute approximate surface area is 162 Å². The standard InChI is InChI=1S/C18H19F2N5O2S/c19-15-2-1-13(17(20)10-15)12-23-16-3-4-18(14(9-16)11-21)24-5-7-25(8-6-24)28(22,26)27/h1-4,9-10,23H,5-8,12H2,(H2,22,26,27). The van der Waals surface area contributed by atoms with Crippen molar-refractivity contribution < 1.29 is 17.2 Å². The minimum atomic E-state index is -3.72. The zero-order valence-corrected chi connectivity index (χ0v) is 15.7. The fraction of sp³-hybridized carbons (Fsp3) is 0.278. The van der Waals surface area contributed by atoms with Crippen LogP contribution in [0.5, 0.6) is 0 Å². The Kier molecular flexibility index (Phi) is 5.79. The average Bonchev–Trinajstić information content (AvgIpc) is 2.66. The maximum Gasteiger partial charge on any atom is 0.277 e. The topological polar surface area (TPSA) is 102 Å². The summed E-state index contributed by atoms with van der Waals surface area (Å²) in [6.07, 6.45) is 0. The second kappa shape index (κ2) is 8.10. The summed E-state index contributed by atoms with van der Waals surface area (Å²) in [5, 5.41) is 17.6. The van der Waals surface area contributed by atoms with Crippen LogP contribution in [0.3, 0.4) is 0 Å². The number of hydrogen-bond acceptors (Lipinski definition) is 5. The summed E-state index contributed by atoms with van der Waals surface area (Å²) in [6.45, 7) is 1.46. The molecule has 0 spiro atoms. The Morgan fingerprint density at radius 2 is 1.82 bits per heavy atom. The number of benzene rings is 2. The number of nitrogens with one attached hydrogen (secondary N) is 1. The molecule has 1 aliphatic heterocycles. The highest BCUT2D eigenvalue weighted by Gasteiger charge is 2.25. The zero-order valence-electron chi connectivity index (χ0n) is 14.9. The van der Waals surface area contributed by atoms with Crippen LogP contribution in [0, 0.1) is 23.0 Å². The molecule has 3 N–H and O–H groups in total. The molecule has 2 aromatic carbocycles. The molecule has 3 rings (SSSR count). The van der Waals surface area contributed by atoms with Crippen molar-refractivity contribution in [2.45, 2.75) is 6.54 Å². The fourth-order valence-corrected chi connectivity index (χ4v) is 3.73. The minimum Gasteiger partial charge on any atom is -0.381 e. The van der Waals surface area contributed by atoms with Crippen LogP contribution in [-0.4, -0.2) is 38.9 Å². The second-order valence-corrected chi connectivity index (χ2v) is 7.91. The van der Waals surface area contributed by atoms with Gasteiger partial charge in [0, 0.05) is 50.0 Å². The lowest BCUT2D eigenvalue weighted by atomic mass is 10.1. The van der Waals surface area contributed by atoms with Gasteiger partial charge in [-0.15, -0.1) is 0 Å². The van der Waals surface area contributed by atoms with Gasteiger partial charge in [-0.2, -0.15) is 18.0 Å². The quantitative estimate of drug-likeness (QED) is 0.787. The molecular formula is C18H19F2N5O2S. The third kappa shape index (κ3) is 4.56. The molecule has 2 aromatic rings. The van der Waals surface area contributed by atoms with Gasteiger partial charge in [0.05, 0.1) is 11.3 Å². The number of nitrogens with two attached hydrogens (primary N) is 1. The maximum atomic E-state index is 13.7. The highest BCUT2D eigenvalue weighted by molar-refractivity contribution is 7.86. The molecule has 10 heteroatoms. The molecule has 148 valence electrons. The molecule has 7 nitrogen and oxygen atoms in total. The average molecular weight is 407 g/mol. The van der Waals surface area contributed by atoms with Crippen molar-refractivity contribution in [1.82, 2.24) is 4.31 Å². The molecule has 0 saturated carbocycles. The summed E-state index contributed by atoms with van der Waals surface area (Å²) in [5.74, 6) is -1.28. The van der Waals surface area contributed by atoms with Gasteiger partial charge < -0.3 is 10.2 Å². The lowest BCUT2D eigenvalue weighted by Gasteiger charge is -2.34. The Morgan fingerprint density at radius 3 is 2.43 bits per heavy atom. The van der Waals surface area contributed by atoms with Crippen molar-refractivity contribution in [3.8, 4) is 6.07 Å². The van der Waals surface area contributed by atoms with Gasteiger partial charge in [-0.25, -0.2) is 13.9 Å². The summed E-state index contributed by atoms with van der Waals surface area (Å²) in [6, 6.07) is 10.7. The Morgan fingerprint density at radius 1 is 1.11 bits per heavy atom. The highest BCUT2D eigenvalue weighted by Crippen LogP contribution is 2.25. The van der Waals surface area contributed by atoms with Crippen molar-refractivity contribution in [2.24, 2.45) is 5.14 Å². The smallest absolute Gasteiger partial charge is 0.277 e. The molecule has 0 radical (unpaired) electrons. The van der Waals surface area contributed by atoms with E-state index < -0.39 is 21.8 Å². The van der Waals surface area contributed by atoms with E-state index in [0.717, 1.165) is 6.07 Å². The molecule has 0 aromatic heterocycles. The van der Waals surface area contributed by atoms with E-state index in [1.807, 2.05) is 4.90 Å². The van der Waals surface area contributed by atoms with E-state index in [2.05, 4.69) is 11.4 Å². The normalized spacial score (nSPS) is 15.3. The lowest BCUT2D eigenvalue weighted by Crippen LogP contribution is -2.50. The van der Waals surface area contributed by atoms with E-state index >= 15 is 0 Å². The van der Waals surface area contributed by atoms with Crippen molar-refractivity contribution in [3.05, 3.63) is 59.2 Å². The van der Waals surface area contributed by atoms with E-state index in [-0.39, 0.29) is 19.6 Å². The third-order valence-electron chi connectivity index (χ3n) is 4.55. The molecule has 0 aliphatic carbocycles. The molecule has 1 heterocycles. The minimum absolute atomic E-state index is 0.142. The van der Waals surface area contributed by atoms with Gasteiger partial charge in [0.2, 0.25) is 0 Å². The van der Waals surface area contributed by atoms with Gasteiger partial charge in [0.1, 0.15) is 17.7 Å². The van der Waals surface area contributed by atoms with Crippen molar-refractivity contribution in [3.63, 3.8) is 0 Å². The van der Waals surface area contributed by atoms with Gasteiger partial charge in [-0.3, -0.25) is 0 Å². The molecular weight excluding hydrogens is 388 g/mol. The van der Waals surface area contributed by atoms with Crippen LogP contribution in [0.4, 0.5) is 20.2 Å². The largest absolute Gasteiger partial charge is 0.381 e. The van der Waals surface area contributed by atoms with Gasteiger partial charge in [-0.05, 0) is 24.3 Å². The summed E-state index contributed by atoms with van der Waals surface area (Å²) in [7, 11) is -3.72. The summed E-state index contributed by atoms with van der Waals surface area (Å²) < 4.78 is 50.7. The molecule has 0 amide bonds. The Hall–Kier alpha value is -2.74. The molecule has 28 heavy (non-hydrogen) atoms. The number of anilines is 2. The Balaban J connectivity index is 1.70. The third-order valence-corrected chi connectivity index (χ3v) is 5.64. The number of piperazine rings is 1. The van der Waals surface area contributed by atoms with E-state index in [1.165, 1.54) is 16.4 Å². The number of halogens is 2. The second-order valence-electron chi connectivity index (χ2n) is 6.36. The molecule has 0 atom stereocenters. The number of hydrogen-bond donors (Lipinski definition) is 2. The molecule has 0 bridgehead atoms. The molecule has 1 aliphatic rings. The summed E-state index contributed by atoms with van der Waals surface area (Å²) in [5.41, 5.74) is 2.03. The van der Waals surface area contributed by atoms with Crippen molar-refractivity contribution in [1.29, 1.82) is 5.26 Å². The number of nitriles is 1. The lowest BCUT2D eigenvalue weighted by molar-refractivity contribution is 0.385.